The largest absolute Gasteiger partial charge is 0.506 e. The van der Waals surface area contributed by atoms with E-state index < -0.39 is 5.97 Å². The van der Waals surface area contributed by atoms with Crippen LogP contribution in [0.1, 0.15) is 12.5 Å². The van der Waals surface area contributed by atoms with Gasteiger partial charge in [0.1, 0.15) is 34.5 Å². The number of aliphatic imine (C=N–C) groups is 1. The molecule has 0 aliphatic carbocycles. The number of aliphatic hydroxyl groups is 1. The zero-order valence-electron chi connectivity index (χ0n) is 22.0. The smallest absolute Gasteiger partial charge is 0.344 e. The first kappa shape index (κ1) is 27.6. The van der Waals surface area contributed by atoms with Crippen LogP contribution in [0, 0.1) is 0 Å². The predicted octanol–water partition coefficient (Wildman–Crippen LogP) is 7.68. The number of hydrogen-bond donors (Lipinski definition) is 1. The molecule has 5 rings (SSSR count). The lowest BCUT2D eigenvalue weighted by atomic mass is 10.1. The summed E-state index contributed by atoms with van der Waals surface area (Å²) in [6.45, 7) is 3.03. The summed E-state index contributed by atoms with van der Waals surface area (Å²) in [5.74, 6) is 0.742. The van der Waals surface area contributed by atoms with E-state index in [9.17, 15) is 9.90 Å². The Morgan fingerprint density at radius 1 is 1.07 bits per heavy atom. The van der Waals surface area contributed by atoms with Gasteiger partial charge in [-0.05, 0) is 67.6 Å². The van der Waals surface area contributed by atoms with Gasteiger partial charge in [0.2, 0.25) is 0 Å². The first-order valence-corrected chi connectivity index (χ1v) is 14.3. The van der Waals surface area contributed by atoms with Crippen LogP contribution in [0.4, 0.5) is 5.69 Å². The van der Waals surface area contributed by atoms with Crippen LogP contribution in [0.2, 0.25) is 0 Å². The molecule has 1 aliphatic rings. The number of aromatic nitrogens is 1. The first-order valence-electron chi connectivity index (χ1n) is 12.7. The second-order valence-electron chi connectivity index (χ2n) is 8.77. The van der Waals surface area contributed by atoms with Crippen LogP contribution >= 0.6 is 27.7 Å². The highest BCUT2D eigenvalue weighted by Crippen LogP contribution is 2.41. The first-order chi connectivity index (χ1) is 19.5. The summed E-state index contributed by atoms with van der Waals surface area (Å²) in [5, 5.41) is 12.6. The molecule has 7 nitrogen and oxygen atoms in total. The fourth-order valence-electron chi connectivity index (χ4n) is 4.28. The molecule has 0 bridgehead atoms. The minimum absolute atomic E-state index is 0.0510. The maximum Gasteiger partial charge on any atom is 0.344 e. The molecule has 40 heavy (non-hydrogen) atoms. The van der Waals surface area contributed by atoms with Crippen molar-refractivity contribution >= 4 is 61.4 Å². The molecular weight excluding hydrogens is 592 g/mol. The van der Waals surface area contributed by atoms with Gasteiger partial charge in [0, 0.05) is 27.1 Å². The molecule has 0 saturated carbocycles. The van der Waals surface area contributed by atoms with Crippen molar-refractivity contribution in [3.05, 3.63) is 105 Å². The fourth-order valence-corrected chi connectivity index (χ4v) is 5.67. The van der Waals surface area contributed by atoms with Crippen molar-refractivity contribution < 1.29 is 24.1 Å². The zero-order chi connectivity index (χ0) is 28.1. The third-order valence-electron chi connectivity index (χ3n) is 6.18. The van der Waals surface area contributed by atoms with Crippen molar-refractivity contribution in [1.29, 1.82) is 0 Å². The molecule has 2 heterocycles. The van der Waals surface area contributed by atoms with E-state index in [2.05, 4.69) is 25.5 Å². The van der Waals surface area contributed by atoms with Crippen LogP contribution in [0.25, 0.3) is 17.0 Å². The zero-order valence-corrected chi connectivity index (χ0v) is 24.4. The summed E-state index contributed by atoms with van der Waals surface area (Å²) in [6, 6.07) is 22.9. The molecule has 0 spiro atoms. The van der Waals surface area contributed by atoms with E-state index >= 15 is 0 Å². The molecule has 1 aromatic heterocycles. The van der Waals surface area contributed by atoms with Gasteiger partial charge in [-0.15, -0.1) is 0 Å². The lowest BCUT2D eigenvalue weighted by molar-refractivity contribution is -0.138. The van der Waals surface area contributed by atoms with Crippen molar-refractivity contribution in [2.75, 3.05) is 20.3 Å². The highest BCUT2D eigenvalue weighted by atomic mass is 79.9. The summed E-state index contributed by atoms with van der Waals surface area (Å²) in [7, 11) is 1.59. The minimum Gasteiger partial charge on any atom is -0.506 e. The Morgan fingerprint density at radius 2 is 1.85 bits per heavy atom. The van der Waals surface area contributed by atoms with E-state index in [1.165, 1.54) is 11.8 Å². The molecule has 9 heteroatoms. The van der Waals surface area contributed by atoms with Gasteiger partial charge >= 0.3 is 5.97 Å². The monoisotopic (exact) mass is 618 g/mol. The van der Waals surface area contributed by atoms with Crippen molar-refractivity contribution in [2.45, 2.75) is 13.5 Å². The molecule has 0 atom stereocenters. The van der Waals surface area contributed by atoms with E-state index in [1.54, 1.807) is 38.3 Å². The number of aliphatic hydroxyl groups excluding tert-OH is 1. The summed E-state index contributed by atoms with van der Waals surface area (Å²) in [6.07, 6.45) is 3.90. The number of hydrogen-bond acceptors (Lipinski definition) is 7. The van der Waals surface area contributed by atoms with E-state index in [-0.39, 0.29) is 17.9 Å². The average Bonchev–Trinajstić information content (AvgIpc) is 3.45. The van der Waals surface area contributed by atoms with Crippen LogP contribution < -0.4 is 9.47 Å². The number of methoxy groups -OCH3 is 1. The molecule has 1 aliphatic heterocycles. The molecule has 3 aromatic carbocycles. The Balaban J connectivity index is 1.49. The quantitative estimate of drug-likeness (QED) is 0.194. The Morgan fingerprint density at radius 3 is 2.58 bits per heavy atom. The molecule has 0 unspecified atom stereocenters. The maximum atomic E-state index is 12.8. The Bertz CT molecular complexity index is 1630. The van der Waals surface area contributed by atoms with Crippen LogP contribution in [0.15, 0.2) is 105 Å². The van der Waals surface area contributed by atoms with Gasteiger partial charge in [-0.2, -0.15) is 0 Å². The number of para-hydroxylation sites is 1. The number of esters is 1. The lowest BCUT2D eigenvalue weighted by Gasteiger charge is -2.08. The highest BCUT2D eigenvalue weighted by molar-refractivity contribution is 9.10. The van der Waals surface area contributed by atoms with Crippen molar-refractivity contribution in [3.63, 3.8) is 0 Å². The van der Waals surface area contributed by atoms with Gasteiger partial charge in [0.15, 0.2) is 0 Å². The summed E-state index contributed by atoms with van der Waals surface area (Å²) in [4.78, 5) is 18.0. The van der Waals surface area contributed by atoms with Crippen LogP contribution in [0.3, 0.4) is 0 Å². The lowest BCUT2D eigenvalue weighted by Crippen LogP contribution is -2.12. The molecule has 204 valence electrons. The summed E-state index contributed by atoms with van der Waals surface area (Å²) in [5.41, 5.74) is 2.59. The molecule has 0 radical (unpaired) electrons. The number of carbonyl (C=O) groups is 1. The van der Waals surface area contributed by atoms with E-state index in [0.717, 1.165) is 26.7 Å². The van der Waals surface area contributed by atoms with Gasteiger partial charge in [-0.3, -0.25) is 0 Å². The number of ether oxygens (including phenoxy) is 3. The van der Waals surface area contributed by atoms with Crippen LogP contribution in [0.5, 0.6) is 11.5 Å². The van der Waals surface area contributed by atoms with Crippen molar-refractivity contribution in [3.8, 4) is 11.5 Å². The number of rotatable bonds is 9. The molecule has 4 aromatic rings. The van der Waals surface area contributed by atoms with E-state index in [4.69, 9.17) is 14.2 Å². The van der Waals surface area contributed by atoms with Crippen LogP contribution in [-0.4, -0.2) is 41.0 Å². The number of thioether (sulfide) groups is 1. The number of nitrogens with zero attached hydrogens (tertiary/aromatic N) is 2. The molecular formula is C31H27BrN2O5S. The Kier molecular flexibility index (Phi) is 8.62. The summed E-state index contributed by atoms with van der Waals surface area (Å²) < 4.78 is 19.4. The van der Waals surface area contributed by atoms with Crippen LogP contribution in [-0.2, 0) is 16.1 Å². The molecule has 0 saturated heterocycles. The fraction of sp³-hybridized carbons (Fsp3) is 0.161. The number of carbonyl (C=O) groups excluding carboxylic acids is 1. The third kappa shape index (κ3) is 6.11. The summed E-state index contributed by atoms with van der Waals surface area (Å²) >= 11 is 4.81. The van der Waals surface area contributed by atoms with E-state index in [1.807, 2.05) is 60.8 Å². The van der Waals surface area contributed by atoms with Gasteiger partial charge in [0.05, 0.1) is 30.9 Å². The minimum atomic E-state index is -0.619. The van der Waals surface area contributed by atoms with Gasteiger partial charge in [-0.1, -0.05) is 45.9 Å². The second kappa shape index (κ2) is 12.5. The number of fused-ring (bicyclic) bond motifs is 1. The Hall–Kier alpha value is -3.95. The predicted molar refractivity (Wildman–Crippen MR) is 164 cm³/mol. The number of benzene rings is 3. The third-order valence-corrected chi connectivity index (χ3v) is 7.69. The Labute approximate surface area is 244 Å². The number of halogens is 1. The van der Waals surface area contributed by atoms with Gasteiger partial charge in [0.25, 0.3) is 0 Å². The van der Waals surface area contributed by atoms with Gasteiger partial charge < -0.3 is 23.9 Å². The highest BCUT2D eigenvalue weighted by Gasteiger charge is 2.33. The van der Waals surface area contributed by atoms with Crippen molar-refractivity contribution in [1.82, 2.24) is 4.57 Å². The second-order valence-corrected chi connectivity index (χ2v) is 10.7. The molecule has 1 N–H and O–H groups in total. The molecule has 0 fully saturated rings. The SMILES string of the molecule is CCOC(=O)C1=C(O)/C(=C/c2cn(CCOc3ccccc3)c3ccc(Br)cc23)SC1=Nc1ccc(OC)cc1. The molecule has 0 amide bonds. The van der Waals surface area contributed by atoms with Gasteiger partial charge in [-0.25, -0.2) is 9.79 Å². The maximum absolute atomic E-state index is 12.8. The van der Waals surface area contributed by atoms with Crippen molar-refractivity contribution in [2.24, 2.45) is 4.99 Å². The van der Waals surface area contributed by atoms with E-state index in [0.29, 0.717) is 34.5 Å². The standard InChI is InChI=1S/C31H27BrN2O5S/c1-3-38-31(36)28-29(35)27(40-30(28)33-22-10-12-23(37-2)13-11-22)17-20-19-34(26-14-9-21(32)18-25(20)26)15-16-39-24-7-5-4-6-8-24/h4-14,17-19,35H,3,15-16H2,1-2H3/b27-17-,33-30?. The average molecular weight is 620 g/mol. The normalized spacial score (nSPS) is 15.3. The topological polar surface area (TPSA) is 82.3 Å².